The molecule has 162 valence electrons. The highest BCUT2D eigenvalue weighted by atomic mass is 35.5. The Morgan fingerprint density at radius 3 is 2.17 bits per heavy atom. The van der Waals surface area contributed by atoms with Crippen LogP contribution in [0.4, 0.5) is 0 Å². The zero-order valence-corrected chi connectivity index (χ0v) is 20.0. The summed E-state index contributed by atoms with van der Waals surface area (Å²) in [7, 11) is 0. The molecule has 0 unspecified atom stereocenters. The largest absolute Gasteiger partial charge is 0.352 e. The Labute approximate surface area is 197 Å². The van der Waals surface area contributed by atoms with Gasteiger partial charge in [0.05, 0.1) is 16.5 Å². The molecule has 4 nitrogen and oxygen atoms in total. The lowest BCUT2D eigenvalue weighted by Gasteiger charge is -2.30. The Morgan fingerprint density at radius 1 is 0.967 bits per heavy atom. The van der Waals surface area contributed by atoms with E-state index in [1.807, 2.05) is 13.8 Å². The molecule has 1 N–H and O–H groups in total. The topological polar surface area (TPSA) is 49.4 Å². The Balaban J connectivity index is 2.32. The third-order valence-electron chi connectivity index (χ3n) is 4.89. The van der Waals surface area contributed by atoms with Crippen LogP contribution in [0.3, 0.4) is 0 Å². The SMILES string of the molecule is CC[C@H](C)NC(=O)[C@@H](C)N(Cc1ccc(Cl)c(Cl)c1)C(=O)Cc1c(Cl)cccc1Cl. The van der Waals surface area contributed by atoms with Crippen molar-refractivity contribution in [1.82, 2.24) is 10.2 Å². The molecule has 0 aliphatic rings. The van der Waals surface area contributed by atoms with E-state index in [-0.39, 0.29) is 30.8 Å². The first-order chi connectivity index (χ1) is 14.1. The Hall–Kier alpha value is -1.46. The van der Waals surface area contributed by atoms with Crippen LogP contribution in [0.15, 0.2) is 36.4 Å². The van der Waals surface area contributed by atoms with E-state index in [1.165, 1.54) is 4.90 Å². The van der Waals surface area contributed by atoms with Crippen molar-refractivity contribution in [2.24, 2.45) is 0 Å². The molecule has 30 heavy (non-hydrogen) atoms. The Morgan fingerprint density at radius 2 is 1.60 bits per heavy atom. The van der Waals surface area contributed by atoms with E-state index in [0.29, 0.717) is 25.7 Å². The van der Waals surface area contributed by atoms with Gasteiger partial charge < -0.3 is 10.2 Å². The third kappa shape index (κ3) is 6.52. The van der Waals surface area contributed by atoms with Crippen molar-refractivity contribution in [3.05, 3.63) is 67.6 Å². The molecule has 0 aliphatic heterocycles. The maximum absolute atomic E-state index is 13.2. The van der Waals surface area contributed by atoms with Crippen LogP contribution in [-0.2, 0) is 22.6 Å². The molecule has 0 saturated heterocycles. The van der Waals surface area contributed by atoms with E-state index in [1.54, 1.807) is 43.3 Å². The summed E-state index contributed by atoms with van der Waals surface area (Å²) < 4.78 is 0. The molecule has 0 bridgehead atoms. The first kappa shape index (κ1) is 24.8. The molecule has 8 heteroatoms. The van der Waals surface area contributed by atoms with Crippen molar-refractivity contribution < 1.29 is 9.59 Å². The number of hydrogen-bond donors (Lipinski definition) is 1. The molecule has 2 rings (SSSR count). The number of amides is 2. The van der Waals surface area contributed by atoms with Gasteiger partial charge in [-0.15, -0.1) is 0 Å². The quantitative estimate of drug-likeness (QED) is 0.481. The minimum Gasteiger partial charge on any atom is -0.352 e. The van der Waals surface area contributed by atoms with E-state index < -0.39 is 6.04 Å². The standard InChI is InChI=1S/C22H24Cl4N2O2/c1-4-13(2)27-22(30)14(3)28(12-15-8-9-19(25)20(26)10-15)21(29)11-16-17(23)6-5-7-18(16)24/h5-10,13-14H,4,11-12H2,1-3H3,(H,27,30)/t13-,14+/m0/s1. The predicted molar refractivity (Wildman–Crippen MR) is 125 cm³/mol. The number of nitrogens with one attached hydrogen (secondary N) is 1. The summed E-state index contributed by atoms with van der Waals surface area (Å²) in [5.74, 6) is -0.508. The molecule has 0 aliphatic carbocycles. The molecule has 0 heterocycles. The maximum Gasteiger partial charge on any atom is 0.242 e. The fourth-order valence-corrected chi connectivity index (χ4v) is 3.69. The lowest BCUT2D eigenvalue weighted by atomic mass is 10.1. The molecular weight excluding hydrogens is 466 g/mol. The number of rotatable bonds is 8. The molecule has 0 radical (unpaired) electrons. The average molecular weight is 490 g/mol. The molecule has 2 aromatic carbocycles. The van der Waals surface area contributed by atoms with Gasteiger partial charge in [-0.2, -0.15) is 0 Å². The highest BCUT2D eigenvalue weighted by Crippen LogP contribution is 2.27. The fraction of sp³-hybridized carbons (Fsp3) is 0.364. The summed E-state index contributed by atoms with van der Waals surface area (Å²) in [5.41, 5.74) is 1.28. The van der Waals surface area contributed by atoms with E-state index in [9.17, 15) is 9.59 Å². The van der Waals surface area contributed by atoms with Gasteiger partial charge in [0.25, 0.3) is 0 Å². The molecule has 0 aromatic heterocycles. The van der Waals surface area contributed by atoms with Gasteiger partial charge in [-0.25, -0.2) is 0 Å². The zero-order chi connectivity index (χ0) is 22.4. The van der Waals surface area contributed by atoms with E-state index in [4.69, 9.17) is 46.4 Å². The van der Waals surface area contributed by atoms with Gasteiger partial charge in [-0.3, -0.25) is 9.59 Å². The van der Waals surface area contributed by atoms with E-state index >= 15 is 0 Å². The lowest BCUT2D eigenvalue weighted by molar-refractivity contribution is -0.140. The number of carbonyl (C=O) groups excluding carboxylic acids is 2. The van der Waals surface area contributed by atoms with Crippen LogP contribution >= 0.6 is 46.4 Å². The van der Waals surface area contributed by atoms with E-state index in [0.717, 1.165) is 12.0 Å². The van der Waals surface area contributed by atoms with Gasteiger partial charge in [0, 0.05) is 22.6 Å². The van der Waals surface area contributed by atoms with Gasteiger partial charge in [-0.05, 0) is 55.7 Å². The van der Waals surface area contributed by atoms with Crippen LogP contribution in [0, 0.1) is 0 Å². The fourth-order valence-electron chi connectivity index (χ4n) is 2.84. The lowest BCUT2D eigenvalue weighted by Crippen LogP contribution is -2.49. The molecule has 0 saturated carbocycles. The minimum atomic E-state index is -0.706. The van der Waals surface area contributed by atoms with Crippen LogP contribution in [-0.4, -0.2) is 28.8 Å². The second kappa shape index (κ2) is 11.2. The van der Waals surface area contributed by atoms with Gasteiger partial charge in [0.1, 0.15) is 6.04 Å². The van der Waals surface area contributed by atoms with Crippen molar-refractivity contribution in [3.8, 4) is 0 Å². The second-order valence-corrected chi connectivity index (χ2v) is 8.77. The van der Waals surface area contributed by atoms with Crippen LogP contribution in [0.2, 0.25) is 20.1 Å². The molecule has 0 spiro atoms. The average Bonchev–Trinajstić information content (AvgIpc) is 2.70. The van der Waals surface area contributed by atoms with Crippen LogP contribution in [0.25, 0.3) is 0 Å². The number of halogens is 4. The predicted octanol–water partition coefficient (Wildman–Crippen LogP) is 6.17. The van der Waals surface area contributed by atoms with Gasteiger partial charge in [0.2, 0.25) is 11.8 Å². The number of hydrogen-bond acceptors (Lipinski definition) is 2. The molecule has 2 aromatic rings. The van der Waals surface area contributed by atoms with Crippen LogP contribution < -0.4 is 5.32 Å². The molecule has 2 amide bonds. The van der Waals surface area contributed by atoms with E-state index in [2.05, 4.69) is 5.32 Å². The van der Waals surface area contributed by atoms with Crippen molar-refractivity contribution in [2.75, 3.05) is 0 Å². The van der Waals surface area contributed by atoms with Crippen molar-refractivity contribution in [3.63, 3.8) is 0 Å². The first-order valence-corrected chi connectivity index (χ1v) is 11.1. The monoisotopic (exact) mass is 488 g/mol. The maximum atomic E-state index is 13.2. The Bertz CT molecular complexity index is 900. The van der Waals surface area contributed by atoms with Crippen molar-refractivity contribution >= 4 is 58.2 Å². The highest BCUT2D eigenvalue weighted by Gasteiger charge is 2.28. The second-order valence-electron chi connectivity index (χ2n) is 7.14. The van der Waals surface area contributed by atoms with Crippen LogP contribution in [0.1, 0.15) is 38.3 Å². The smallest absolute Gasteiger partial charge is 0.242 e. The van der Waals surface area contributed by atoms with Crippen LogP contribution in [0.5, 0.6) is 0 Å². The normalized spacial score (nSPS) is 12.9. The summed E-state index contributed by atoms with van der Waals surface area (Å²) in [6.45, 7) is 5.78. The van der Waals surface area contributed by atoms with Crippen molar-refractivity contribution in [1.29, 1.82) is 0 Å². The highest BCUT2D eigenvalue weighted by molar-refractivity contribution is 6.42. The molecular formula is C22H24Cl4N2O2. The Kier molecular flexibility index (Phi) is 9.30. The summed E-state index contributed by atoms with van der Waals surface area (Å²) in [5, 5.41) is 4.54. The first-order valence-electron chi connectivity index (χ1n) is 9.60. The van der Waals surface area contributed by atoms with Crippen molar-refractivity contribution in [2.45, 2.75) is 52.2 Å². The summed E-state index contributed by atoms with van der Waals surface area (Å²) in [6.07, 6.45) is 0.759. The van der Waals surface area contributed by atoms with Gasteiger partial charge in [0.15, 0.2) is 0 Å². The van der Waals surface area contributed by atoms with Gasteiger partial charge in [-0.1, -0.05) is 65.5 Å². The van der Waals surface area contributed by atoms with Gasteiger partial charge >= 0.3 is 0 Å². The summed E-state index contributed by atoms with van der Waals surface area (Å²) in [4.78, 5) is 27.5. The minimum absolute atomic E-state index is 0.000101. The number of nitrogens with zero attached hydrogens (tertiary/aromatic N) is 1. The number of carbonyl (C=O) groups is 2. The molecule has 0 fully saturated rings. The number of benzene rings is 2. The third-order valence-corrected chi connectivity index (χ3v) is 6.34. The summed E-state index contributed by atoms with van der Waals surface area (Å²) in [6, 6.07) is 9.49. The molecule has 2 atom stereocenters. The zero-order valence-electron chi connectivity index (χ0n) is 17.0. The summed E-state index contributed by atoms with van der Waals surface area (Å²) >= 11 is 24.6.